The summed E-state index contributed by atoms with van der Waals surface area (Å²) < 4.78 is 9.05. The maximum Gasteiger partial charge on any atom is 0.135 e. The van der Waals surface area contributed by atoms with E-state index in [-0.39, 0.29) is 37.3 Å². The van der Waals surface area contributed by atoms with Crippen molar-refractivity contribution in [3.05, 3.63) is 175 Å². The average molecular weight is 967 g/mol. The van der Waals surface area contributed by atoms with E-state index in [4.69, 9.17) is 9.72 Å². The fraction of sp³-hybridized carbons (Fsp3) is 0.222. The number of benzene rings is 6. The standard InChI is InChI=1S/C54H51N4O.Pt/c1-52(2,3)38-18-15-19-41(30-38)56-35-57(50-31-39(53(4,5)6)22-25-48(50)56)42-28-37(36-16-11-10-12-17-36)29-44(33-42)59-43-23-24-46-45-20-13-14-21-47(45)58(49(46)34-43)51-32-40(26-27-55-51)54(7,8)9;/h10-32,35H,1-9H3;/q-3;. The molecule has 0 amide bonds. The Balaban J connectivity index is 0.00000499. The SMILES string of the molecule is CC(C)(C)c1cccc(N2[CH-]N(c3[c-]c(Oc4[c-]c5c(cc4)c4ccccc4n5-c4cc(C(C)(C)C)ccn4)cc(-c4ccccc4)c3)c3cc(C(C)(C)C)ccc32)c1.[Pt]. The third-order valence-corrected chi connectivity index (χ3v) is 11.4. The van der Waals surface area contributed by atoms with Crippen LogP contribution in [-0.2, 0) is 37.3 Å². The summed E-state index contributed by atoms with van der Waals surface area (Å²) in [5.74, 6) is 2.05. The Morgan fingerprint density at radius 1 is 0.533 bits per heavy atom. The van der Waals surface area contributed by atoms with Gasteiger partial charge >= 0.3 is 0 Å². The van der Waals surface area contributed by atoms with Crippen molar-refractivity contribution in [2.75, 3.05) is 9.80 Å². The summed E-state index contributed by atoms with van der Waals surface area (Å²) in [4.78, 5) is 9.43. The van der Waals surface area contributed by atoms with Gasteiger partial charge in [-0.05, 0) is 86.3 Å². The molecular weight excluding hydrogens is 916 g/mol. The number of aromatic nitrogens is 2. The molecule has 60 heavy (non-hydrogen) atoms. The first-order valence-electron chi connectivity index (χ1n) is 20.5. The molecular formula is C54H51N4OPt-3. The molecule has 6 aromatic carbocycles. The van der Waals surface area contributed by atoms with Gasteiger partial charge in [-0.2, -0.15) is 6.07 Å². The molecule has 0 radical (unpaired) electrons. The number of para-hydroxylation sites is 1. The van der Waals surface area contributed by atoms with E-state index in [0.717, 1.165) is 61.5 Å². The topological polar surface area (TPSA) is 33.5 Å². The van der Waals surface area contributed by atoms with Crippen molar-refractivity contribution in [3.8, 4) is 28.4 Å². The Bertz CT molecular complexity index is 2860. The normalized spacial score (nSPS) is 13.2. The number of ether oxygens (including phenoxy) is 1. The summed E-state index contributed by atoms with van der Waals surface area (Å²) in [5, 5.41) is 2.23. The van der Waals surface area contributed by atoms with Crippen LogP contribution in [-0.4, -0.2) is 9.55 Å². The number of fused-ring (bicyclic) bond motifs is 4. The van der Waals surface area contributed by atoms with Gasteiger partial charge in [0.1, 0.15) is 5.82 Å². The Morgan fingerprint density at radius 2 is 1.23 bits per heavy atom. The van der Waals surface area contributed by atoms with Gasteiger partial charge in [0, 0.05) is 61.3 Å². The maximum absolute atomic E-state index is 6.85. The number of nitrogens with zero attached hydrogens (tertiary/aromatic N) is 4. The monoisotopic (exact) mass is 966 g/mol. The minimum Gasteiger partial charge on any atom is -0.509 e. The first kappa shape index (κ1) is 41.1. The van der Waals surface area contributed by atoms with E-state index in [9.17, 15) is 0 Å². The second kappa shape index (κ2) is 15.4. The van der Waals surface area contributed by atoms with E-state index in [1.54, 1.807) is 0 Å². The summed E-state index contributed by atoms with van der Waals surface area (Å²) in [7, 11) is 0. The zero-order chi connectivity index (χ0) is 41.3. The van der Waals surface area contributed by atoms with E-state index in [1.165, 1.54) is 16.7 Å². The fourth-order valence-electron chi connectivity index (χ4n) is 7.95. The van der Waals surface area contributed by atoms with Crippen LogP contribution in [0.1, 0.15) is 79.0 Å². The van der Waals surface area contributed by atoms with Gasteiger partial charge in [0.2, 0.25) is 0 Å². The molecule has 0 N–H and O–H groups in total. The molecule has 0 saturated carbocycles. The van der Waals surface area contributed by atoms with Gasteiger partial charge in [-0.1, -0.05) is 135 Å². The molecule has 8 aromatic rings. The molecule has 0 saturated heterocycles. The number of hydrogen-bond donors (Lipinski definition) is 0. The number of hydrogen-bond acceptors (Lipinski definition) is 4. The van der Waals surface area contributed by atoms with E-state index in [2.05, 4.69) is 217 Å². The molecule has 0 fully saturated rings. The van der Waals surface area contributed by atoms with Crippen LogP contribution in [0.3, 0.4) is 0 Å². The van der Waals surface area contributed by atoms with Gasteiger partial charge in [-0.3, -0.25) is 0 Å². The number of pyridine rings is 1. The van der Waals surface area contributed by atoms with Crippen molar-refractivity contribution < 1.29 is 25.8 Å². The Kier molecular flexibility index (Phi) is 10.6. The Hall–Kier alpha value is -5.64. The molecule has 1 aliphatic rings. The first-order chi connectivity index (χ1) is 28.1. The molecule has 306 valence electrons. The van der Waals surface area contributed by atoms with Gasteiger partial charge in [0.05, 0.1) is 0 Å². The minimum atomic E-state index is -0.0370. The van der Waals surface area contributed by atoms with Crippen molar-refractivity contribution in [1.29, 1.82) is 0 Å². The van der Waals surface area contributed by atoms with Crippen molar-refractivity contribution in [2.24, 2.45) is 0 Å². The quantitative estimate of drug-likeness (QED) is 0.156. The molecule has 3 heterocycles. The molecule has 6 heteroatoms. The number of rotatable bonds is 6. The third kappa shape index (κ3) is 7.77. The van der Waals surface area contributed by atoms with Crippen LogP contribution in [0, 0.1) is 18.8 Å². The summed E-state index contributed by atoms with van der Waals surface area (Å²) in [5.41, 5.74) is 12.0. The molecule has 1 aliphatic heterocycles. The van der Waals surface area contributed by atoms with E-state index >= 15 is 0 Å². The molecule has 0 unspecified atom stereocenters. The molecule has 0 bridgehead atoms. The minimum absolute atomic E-state index is 0. The molecule has 9 rings (SSSR count). The van der Waals surface area contributed by atoms with E-state index < -0.39 is 0 Å². The predicted molar refractivity (Wildman–Crippen MR) is 246 cm³/mol. The zero-order valence-corrected chi connectivity index (χ0v) is 38.1. The van der Waals surface area contributed by atoms with E-state index in [0.29, 0.717) is 11.5 Å². The molecule has 0 aliphatic carbocycles. The predicted octanol–water partition coefficient (Wildman–Crippen LogP) is 14.5. The second-order valence-electron chi connectivity index (χ2n) is 18.8. The first-order valence-corrected chi connectivity index (χ1v) is 20.5. The number of anilines is 4. The summed E-state index contributed by atoms with van der Waals surface area (Å²) in [6, 6.07) is 54.8. The Morgan fingerprint density at radius 3 is 1.98 bits per heavy atom. The second-order valence-corrected chi connectivity index (χ2v) is 18.8. The largest absolute Gasteiger partial charge is 0.509 e. The van der Waals surface area contributed by atoms with Crippen LogP contribution >= 0.6 is 0 Å². The summed E-state index contributed by atoms with van der Waals surface area (Å²) >= 11 is 0. The van der Waals surface area contributed by atoms with Gasteiger partial charge in [0.15, 0.2) is 0 Å². The summed E-state index contributed by atoms with van der Waals surface area (Å²) in [6.45, 7) is 22.5. The maximum atomic E-state index is 6.85. The smallest absolute Gasteiger partial charge is 0.135 e. The van der Waals surface area contributed by atoms with Crippen LogP contribution < -0.4 is 14.5 Å². The van der Waals surface area contributed by atoms with Crippen LogP contribution in [0.2, 0.25) is 0 Å². The molecule has 0 spiro atoms. The summed E-state index contributed by atoms with van der Waals surface area (Å²) in [6.07, 6.45) is 1.91. The van der Waals surface area contributed by atoms with Gasteiger partial charge < -0.3 is 19.1 Å². The molecule has 2 aromatic heterocycles. The Labute approximate surface area is 369 Å². The van der Waals surface area contributed by atoms with Crippen LogP contribution in [0.25, 0.3) is 38.8 Å². The molecule has 0 atom stereocenters. The van der Waals surface area contributed by atoms with Gasteiger partial charge in [0.25, 0.3) is 0 Å². The van der Waals surface area contributed by atoms with Crippen molar-refractivity contribution in [3.63, 3.8) is 0 Å². The van der Waals surface area contributed by atoms with Crippen LogP contribution in [0.15, 0.2) is 140 Å². The molecule has 5 nitrogen and oxygen atoms in total. The van der Waals surface area contributed by atoms with Gasteiger partial charge in [-0.25, -0.2) is 4.98 Å². The van der Waals surface area contributed by atoms with Crippen molar-refractivity contribution in [2.45, 2.75) is 78.6 Å². The van der Waals surface area contributed by atoms with Crippen molar-refractivity contribution in [1.82, 2.24) is 9.55 Å². The fourth-order valence-corrected chi connectivity index (χ4v) is 7.95. The van der Waals surface area contributed by atoms with E-state index in [1.807, 2.05) is 18.3 Å². The average Bonchev–Trinajstić information content (AvgIpc) is 3.76. The van der Waals surface area contributed by atoms with Gasteiger partial charge in [-0.15, -0.1) is 53.6 Å². The third-order valence-electron chi connectivity index (χ3n) is 11.4. The van der Waals surface area contributed by atoms with Crippen LogP contribution in [0.4, 0.5) is 22.7 Å². The van der Waals surface area contributed by atoms with Crippen molar-refractivity contribution >= 4 is 44.6 Å². The zero-order valence-electron chi connectivity index (χ0n) is 35.9. The van der Waals surface area contributed by atoms with Crippen LogP contribution in [0.5, 0.6) is 11.5 Å².